The molecule has 0 aromatic heterocycles. The van der Waals surface area contributed by atoms with Gasteiger partial charge in [-0.1, -0.05) is 154 Å². The third-order valence-electron chi connectivity index (χ3n) is 8.30. The predicted octanol–water partition coefficient (Wildman–Crippen LogP) is 13.0. The molecule has 3 heteroatoms. The maximum absolute atomic E-state index is 6.08. The number of ether oxygens (including phenoxy) is 1. The lowest BCUT2D eigenvalue weighted by Gasteiger charge is -2.26. The molecule has 0 aliphatic rings. The summed E-state index contributed by atoms with van der Waals surface area (Å²) in [7, 11) is 4.23. The van der Waals surface area contributed by atoms with Gasteiger partial charge in [0, 0.05) is 0 Å². The van der Waals surface area contributed by atoms with E-state index < -0.39 is 0 Å². The van der Waals surface area contributed by atoms with Gasteiger partial charge in [-0.3, -0.25) is 0 Å². The second kappa shape index (κ2) is 34.8. The third kappa shape index (κ3) is 35.6. The van der Waals surface area contributed by atoms with E-state index >= 15 is 0 Å². The molecule has 0 rings (SSSR count). The van der Waals surface area contributed by atoms with E-state index in [9.17, 15) is 0 Å². The van der Waals surface area contributed by atoms with Gasteiger partial charge in [0.1, 0.15) is 20.7 Å². The molecule has 0 fully saturated rings. The molecule has 0 bridgehead atoms. The highest BCUT2D eigenvalue weighted by atomic mass is 16.7. The van der Waals surface area contributed by atoms with E-state index in [0.717, 1.165) is 19.6 Å². The SMILES string of the molecule is CCCCCCCCC=CCCCCCCCCOC[N+](C)(C)OCCCCCCCCC=CCCCCCCCC. The summed E-state index contributed by atoms with van der Waals surface area (Å²) in [6.45, 7) is 6.93. The van der Waals surface area contributed by atoms with Crippen molar-refractivity contribution < 1.29 is 14.2 Å². The summed E-state index contributed by atoms with van der Waals surface area (Å²) in [5.74, 6) is 0. The minimum Gasteiger partial charge on any atom is -0.329 e. The van der Waals surface area contributed by atoms with Crippen LogP contribution in [0, 0.1) is 0 Å². The van der Waals surface area contributed by atoms with Crippen LogP contribution in [0.25, 0.3) is 0 Å². The molecule has 0 saturated heterocycles. The topological polar surface area (TPSA) is 18.5 Å². The summed E-state index contributed by atoms with van der Waals surface area (Å²) in [4.78, 5) is 6.08. The van der Waals surface area contributed by atoms with E-state index in [1.807, 2.05) is 0 Å². The fourth-order valence-electron chi connectivity index (χ4n) is 5.43. The number of hydrogen-bond acceptors (Lipinski definition) is 2. The summed E-state index contributed by atoms with van der Waals surface area (Å²) in [6, 6.07) is 0. The number of unbranched alkanes of at least 4 members (excludes halogenated alkanes) is 24. The van der Waals surface area contributed by atoms with Gasteiger partial charge < -0.3 is 4.74 Å². The van der Waals surface area contributed by atoms with Gasteiger partial charge in [0.2, 0.25) is 6.73 Å². The number of quaternary nitrogens is 1. The van der Waals surface area contributed by atoms with Crippen LogP contribution < -0.4 is 0 Å². The quantitative estimate of drug-likeness (QED) is 0.0239. The fourth-order valence-corrected chi connectivity index (χ4v) is 5.43. The normalized spacial score (nSPS) is 12.4. The molecule has 0 aromatic carbocycles. The van der Waals surface area contributed by atoms with Crippen LogP contribution in [0.2, 0.25) is 0 Å². The zero-order valence-electron chi connectivity index (χ0n) is 29.5. The molecule has 0 unspecified atom stereocenters. The molecule has 0 aromatic rings. The fraction of sp³-hybridized carbons (Fsp3) is 0.897. The van der Waals surface area contributed by atoms with Crippen LogP contribution in [0.5, 0.6) is 0 Å². The van der Waals surface area contributed by atoms with Crippen molar-refractivity contribution in [2.75, 3.05) is 34.0 Å². The highest BCUT2D eigenvalue weighted by Gasteiger charge is 2.16. The highest BCUT2D eigenvalue weighted by Crippen LogP contribution is 2.12. The van der Waals surface area contributed by atoms with E-state index in [4.69, 9.17) is 9.57 Å². The Morgan fingerprint density at radius 2 is 0.690 bits per heavy atom. The van der Waals surface area contributed by atoms with Crippen molar-refractivity contribution in [2.24, 2.45) is 0 Å². The van der Waals surface area contributed by atoms with Crippen LogP contribution in [0.3, 0.4) is 0 Å². The van der Waals surface area contributed by atoms with Crippen LogP contribution in [0.15, 0.2) is 24.3 Å². The van der Waals surface area contributed by atoms with Gasteiger partial charge in [-0.15, -0.1) is 0 Å². The summed E-state index contributed by atoms with van der Waals surface area (Å²) in [6.07, 6.45) is 47.3. The molecule has 42 heavy (non-hydrogen) atoms. The zero-order chi connectivity index (χ0) is 30.7. The van der Waals surface area contributed by atoms with Crippen molar-refractivity contribution in [3.8, 4) is 0 Å². The van der Waals surface area contributed by atoms with Crippen molar-refractivity contribution in [2.45, 2.75) is 194 Å². The van der Waals surface area contributed by atoms with Crippen molar-refractivity contribution in [3.05, 3.63) is 24.3 Å². The lowest BCUT2D eigenvalue weighted by atomic mass is 10.1. The summed E-state index contributed by atoms with van der Waals surface area (Å²) in [5, 5.41) is 0. The van der Waals surface area contributed by atoms with Crippen molar-refractivity contribution >= 4 is 0 Å². The molecule has 0 N–H and O–H groups in total. The molecule has 0 aliphatic carbocycles. The first-order valence-corrected chi connectivity index (χ1v) is 19.0. The second-order valence-corrected chi connectivity index (χ2v) is 13.3. The van der Waals surface area contributed by atoms with Gasteiger partial charge in [-0.05, 0) is 64.2 Å². The molecule has 0 radical (unpaired) electrons. The first-order chi connectivity index (χ1) is 20.6. The van der Waals surface area contributed by atoms with E-state index in [1.54, 1.807) is 0 Å². The third-order valence-corrected chi connectivity index (χ3v) is 8.30. The van der Waals surface area contributed by atoms with E-state index in [2.05, 4.69) is 52.2 Å². The number of allylic oxidation sites excluding steroid dienone is 4. The Hall–Kier alpha value is -0.640. The van der Waals surface area contributed by atoms with Crippen molar-refractivity contribution in [1.29, 1.82) is 0 Å². The zero-order valence-corrected chi connectivity index (χ0v) is 29.5. The van der Waals surface area contributed by atoms with Gasteiger partial charge in [-0.25, -0.2) is 4.84 Å². The molecular weight excluding hydrogens is 514 g/mol. The maximum atomic E-state index is 6.08. The minimum atomic E-state index is 0.511. The first kappa shape index (κ1) is 41.4. The number of hydroxylamine groups is 3. The van der Waals surface area contributed by atoms with Crippen LogP contribution >= 0.6 is 0 Å². The standard InChI is InChI=1S/C39H78NO2/c1-5-7-9-11-13-15-17-19-21-23-25-27-29-31-33-35-37-41-39-40(3,4)42-38-36-34-32-30-28-26-24-22-20-18-16-14-12-10-8-6-2/h19-22H,5-18,23-39H2,1-4H3/q+1. The molecular formula is C39H78NO2+. The van der Waals surface area contributed by atoms with Gasteiger partial charge >= 0.3 is 0 Å². The molecule has 0 spiro atoms. The lowest BCUT2D eigenvalue weighted by molar-refractivity contribution is -1.09. The minimum absolute atomic E-state index is 0.511. The van der Waals surface area contributed by atoms with Crippen LogP contribution in [-0.4, -0.2) is 38.7 Å². The van der Waals surface area contributed by atoms with E-state index in [1.165, 1.54) is 173 Å². The second-order valence-electron chi connectivity index (χ2n) is 13.3. The monoisotopic (exact) mass is 593 g/mol. The number of hydrogen-bond donors (Lipinski definition) is 0. The van der Waals surface area contributed by atoms with Gasteiger partial charge in [0.05, 0.1) is 6.61 Å². The Labute approximate surface area is 265 Å². The molecule has 250 valence electrons. The van der Waals surface area contributed by atoms with Gasteiger partial charge in [0.25, 0.3) is 0 Å². The average Bonchev–Trinajstić information content (AvgIpc) is 2.98. The molecule has 0 atom stereocenters. The van der Waals surface area contributed by atoms with Crippen LogP contribution in [-0.2, 0) is 9.57 Å². The predicted molar refractivity (Wildman–Crippen MR) is 188 cm³/mol. The first-order valence-electron chi connectivity index (χ1n) is 19.0. The van der Waals surface area contributed by atoms with E-state index in [0.29, 0.717) is 11.4 Å². The highest BCUT2D eigenvalue weighted by molar-refractivity contribution is 4.82. The Bertz CT molecular complexity index is 557. The van der Waals surface area contributed by atoms with Crippen LogP contribution in [0.1, 0.15) is 194 Å². The maximum Gasteiger partial charge on any atom is 0.212 e. The summed E-state index contributed by atoms with van der Waals surface area (Å²) in [5.41, 5.74) is 0. The Morgan fingerprint density at radius 3 is 1.07 bits per heavy atom. The smallest absolute Gasteiger partial charge is 0.212 e. The molecule has 0 heterocycles. The molecule has 0 saturated carbocycles. The molecule has 0 amide bonds. The van der Waals surface area contributed by atoms with Gasteiger partial charge in [0.15, 0.2) is 0 Å². The van der Waals surface area contributed by atoms with Crippen molar-refractivity contribution in [1.82, 2.24) is 0 Å². The summed E-state index contributed by atoms with van der Waals surface area (Å²) < 4.78 is 6.45. The number of nitrogens with zero attached hydrogens (tertiary/aromatic N) is 1. The number of rotatable bonds is 35. The lowest BCUT2D eigenvalue weighted by Crippen LogP contribution is -2.41. The Morgan fingerprint density at radius 1 is 0.381 bits per heavy atom. The van der Waals surface area contributed by atoms with Crippen LogP contribution in [0.4, 0.5) is 0 Å². The average molecular weight is 593 g/mol. The largest absolute Gasteiger partial charge is 0.329 e. The summed E-state index contributed by atoms with van der Waals surface area (Å²) >= 11 is 0. The Kier molecular flexibility index (Phi) is 34.3. The Balaban J connectivity index is 3.34. The van der Waals surface area contributed by atoms with E-state index in [-0.39, 0.29) is 0 Å². The van der Waals surface area contributed by atoms with Gasteiger partial charge in [-0.2, -0.15) is 4.65 Å². The molecule has 0 aliphatic heterocycles. The van der Waals surface area contributed by atoms with Crippen molar-refractivity contribution in [3.63, 3.8) is 0 Å². The molecule has 3 nitrogen and oxygen atoms in total.